The van der Waals surface area contributed by atoms with Crippen molar-refractivity contribution in [3.05, 3.63) is 53.6 Å². The molecule has 116 valence electrons. The Morgan fingerprint density at radius 2 is 1.82 bits per heavy atom. The topological polar surface area (TPSA) is 39.7 Å². The predicted molar refractivity (Wildman–Crippen MR) is 85.6 cm³/mol. The first-order valence-electron chi connectivity index (χ1n) is 7.58. The van der Waals surface area contributed by atoms with Crippen molar-refractivity contribution >= 4 is 0 Å². The monoisotopic (exact) mass is 299 g/mol. The molecule has 3 rings (SSSR count). The van der Waals surface area contributed by atoms with E-state index >= 15 is 0 Å². The van der Waals surface area contributed by atoms with Crippen molar-refractivity contribution in [3.8, 4) is 17.2 Å². The molecule has 0 aromatic heterocycles. The first-order chi connectivity index (χ1) is 10.9. The Labute approximate surface area is 131 Å². The van der Waals surface area contributed by atoms with Crippen LogP contribution in [0.25, 0.3) is 0 Å². The van der Waals surface area contributed by atoms with E-state index < -0.39 is 0 Å². The van der Waals surface area contributed by atoms with Crippen LogP contribution in [0.15, 0.2) is 42.5 Å². The summed E-state index contributed by atoms with van der Waals surface area (Å²) in [5, 5.41) is 3.44. The number of methoxy groups -OCH3 is 1. The maximum atomic E-state index is 5.72. The van der Waals surface area contributed by atoms with E-state index in [2.05, 4.69) is 23.5 Å². The molecule has 0 amide bonds. The molecule has 1 N–H and O–H groups in total. The predicted octanol–water partition coefficient (Wildman–Crippen LogP) is 3.15. The summed E-state index contributed by atoms with van der Waals surface area (Å²) in [5.74, 6) is 2.59. The van der Waals surface area contributed by atoms with E-state index in [9.17, 15) is 0 Å². The van der Waals surface area contributed by atoms with Gasteiger partial charge in [0.25, 0.3) is 0 Å². The number of fused-ring (bicyclic) bond motifs is 1. The minimum absolute atomic E-state index is 0.713. The summed E-state index contributed by atoms with van der Waals surface area (Å²) in [6.07, 6.45) is 0.927. The van der Waals surface area contributed by atoms with E-state index in [1.54, 1.807) is 7.11 Å². The molecule has 0 atom stereocenters. The minimum Gasteiger partial charge on any atom is -0.496 e. The first-order valence-corrected chi connectivity index (χ1v) is 7.58. The molecule has 0 saturated carbocycles. The highest BCUT2D eigenvalue weighted by atomic mass is 16.5. The van der Waals surface area contributed by atoms with Gasteiger partial charge in [0.05, 0.1) is 20.3 Å². The van der Waals surface area contributed by atoms with Crippen LogP contribution in [-0.4, -0.2) is 20.3 Å². The van der Waals surface area contributed by atoms with Gasteiger partial charge in [-0.25, -0.2) is 0 Å². The Morgan fingerprint density at radius 3 is 2.68 bits per heavy atom. The Bertz CT molecular complexity index is 627. The molecule has 2 aromatic rings. The molecule has 4 nitrogen and oxygen atoms in total. The maximum absolute atomic E-state index is 5.72. The van der Waals surface area contributed by atoms with Gasteiger partial charge in [0.2, 0.25) is 0 Å². The number of ether oxygens (including phenoxy) is 3. The fourth-order valence-electron chi connectivity index (χ4n) is 2.51. The molecule has 2 aromatic carbocycles. The summed E-state index contributed by atoms with van der Waals surface area (Å²) in [6.45, 7) is 2.97. The van der Waals surface area contributed by atoms with Crippen LogP contribution in [0.3, 0.4) is 0 Å². The third-order valence-electron chi connectivity index (χ3n) is 3.65. The average molecular weight is 299 g/mol. The second kappa shape index (κ2) is 7.18. The molecule has 0 radical (unpaired) electrons. The normalized spacial score (nSPS) is 13.5. The van der Waals surface area contributed by atoms with Crippen molar-refractivity contribution < 1.29 is 14.2 Å². The standard InChI is InChI=1S/C18H21NO3/c1-20-16-6-3-2-5-15(16)13-19-12-14-7-8-17-18(11-14)22-10-4-9-21-17/h2-3,5-8,11,19H,4,9-10,12-13H2,1H3. The van der Waals surface area contributed by atoms with Crippen LogP contribution in [0, 0.1) is 0 Å². The lowest BCUT2D eigenvalue weighted by Crippen LogP contribution is -2.13. The maximum Gasteiger partial charge on any atom is 0.161 e. The van der Waals surface area contributed by atoms with Crippen LogP contribution in [0.2, 0.25) is 0 Å². The molecule has 0 spiro atoms. The van der Waals surface area contributed by atoms with Crippen LogP contribution in [0.5, 0.6) is 17.2 Å². The van der Waals surface area contributed by atoms with E-state index in [0.717, 1.165) is 48.9 Å². The SMILES string of the molecule is COc1ccccc1CNCc1ccc2c(c1)OCCCO2. The Balaban J connectivity index is 1.61. The molecule has 0 saturated heterocycles. The quantitative estimate of drug-likeness (QED) is 0.920. The van der Waals surface area contributed by atoms with Crippen molar-refractivity contribution in [2.45, 2.75) is 19.5 Å². The molecule has 1 aliphatic rings. The lowest BCUT2D eigenvalue weighted by atomic mass is 10.1. The summed E-state index contributed by atoms with van der Waals surface area (Å²) in [4.78, 5) is 0. The van der Waals surface area contributed by atoms with E-state index in [1.165, 1.54) is 5.56 Å². The number of benzene rings is 2. The lowest BCUT2D eigenvalue weighted by Gasteiger charge is -2.11. The highest BCUT2D eigenvalue weighted by Gasteiger charge is 2.10. The minimum atomic E-state index is 0.713. The van der Waals surface area contributed by atoms with E-state index in [4.69, 9.17) is 14.2 Å². The van der Waals surface area contributed by atoms with Crippen molar-refractivity contribution in [2.24, 2.45) is 0 Å². The van der Waals surface area contributed by atoms with Crippen LogP contribution < -0.4 is 19.5 Å². The van der Waals surface area contributed by atoms with Gasteiger partial charge in [-0.2, -0.15) is 0 Å². The summed E-state index contributed by atoms with van der Waals surface area (Å²) in [7, 11) is 1.70. The first kappa shape index (κ1) is 14.7. The molecule has 0 unspecified atom stereocenters. The summed E-state index contributed by atoms with van der Waals surface area (Å²) < 4.78 is 16.7. The fraction of sp³-hybridized carbons (Fsp3) is 0.333. The highest BCUT2D eigenvalue weighted by molar-refractivity contribution is 5.43. The van der Waals surface area contributed by atoms with Gasteiger partial charge >= 0.3 is 0 Å². The smallest absolute Gasteiger partial charge is 0.161 e. The number of hydrogen-bond acceptors (Lipinski definition) is 4. The Hall–Kier alpha value is -2.20. The van der Waals surface area contributed by atoms with E-state index in [1.807, 2.05) is 24.3 Å². The molecular formula is C18H21NO3. The van der Waals surface area contributed by atoms with Crippen LogP contribution in [-0.2, 0) is 13.1 Å². The molecule has 0 bridgehead atoms. The molecular weight excluding hydrogens is 278 g/mol. The van der Waals surface area contributed by atoms with Crippen LogP contribution >= 0.6 is 0 Å². The van der Waals surface area contributed by atoms with Crippen LogP contribution in [0.4, 0.5) is 0 Å². The summed E-state index contributed by atoms with van der Waals surface area (Å²) in [6, 6.07) is 14.2. The van der Waals surface area contributed by atoms with Gasteiger partial charge < -0.3 is 19.5 Å². The number of rotatable bonds is 5. The van der Waals surface area contributed by atoms with Crippen LogP contribution in [0.1, 0.15) is 17.5 Å². The number of para-hydroxylation sites is 1. The average Bonchev–Trinajstić information content (AvgIpc) is 2.80. The van der Waals surface area contributed by atoms with Gasteiger partial charge in [0.1, 0.15) is 5.75 Å². The molecule has 1 aliphatic heterocycles. The third-order valence-corrected chi connectivity index (χ3v) is 3.65. The summed E-state index contributed by atoms with van der Waals surface area (Å²) in [5.41, 5.74) is 2.33. The van der Waals surface area contributed by atoms with Gasteiger partial charge in [-0.05, 0) is 23.8 Å². The molecule has 1 heterocycles. The van der Waals surface area contributed by atoms with Crippen molar-refractivity contribution in [1.82, 2.24) is 5.32 Å². The molecule has 0 fully saturated rings. The Kier molecular flexibility index (Phi) is 4.81. The molecule has 4 heteroatoms. The second-order valence-corrected chi connectivity index (χ2v) is 5.25. The third kappa shape index (κ3) is 3.52. The van der Waals surface area contributed by atoms with E-state index in [0.29, 0.717) is 6.61 Å². The number of hydrogen-bond donors (Lipinski definition) is 1. The second-order valence-electron chi connectivity index (χ2n) is 5.25. The Morgan fingerprint density at radius 1 is 1.00 bits per heavy atom. The lowest BCUT2D eigenvalue weighted by molar-refractivity contribution is 0.297. The van der Waals surface area contributed by atoms with Crippen molar-refractivity contribution in [1.29, 1.82) is 0 Å². The van der Waals surface area contributed by atoms with Crippen molar-refractivity contribution in [2.75, 3.05) is 20.3 Å². The van der Waals surface area contributed by atoms with Gasteiger partial charge in [-0.1, -0.05) is 24.3 Å². The molecule has 22 heavy (non-hydrogen) atoms. The summed E-state index contributed by atoms with van der Waals surface area (Å²) >= 11 is 0. The van der Waals surface area contributed by atoms with Gasteiger partial charge in [0.15, 0.2) is 11.5 Å². The van der Waals surface area contributed by atoms with Gasteiger partial charge in [0, 0.05) is 25.1 Å². The fourth-order valence-corrected chi connectivity index (χ4v) is 2.51. The molecule has 0 aliphatic carbocycles. The zero-order valence-corrected chi connectivity index (χ0v) is 12.8. The zero-order valence-electron chi connectivity index (χ0n) is 12.8. The number of nitrogens with one attached hydrogen (secondary N) is 1. The van der Waals surface area contributed by atoms with Gasteiger partial charge in [-0.3, -0.25) is 0 Å². The highest BCUT2D eigenvalue weighted by Crippen LogP contribution is 2.30. The van der Waals surface area contributed by atoms with Crippen molar-refractivity contribution in [3.63, 3.8) is 0 Å². The van der Waals surface area contributed by atoms with E-state index in [-0.39, 0.29) is 0 Å². The van der Waals surface area contributed by atoms with Gasteiger partial charge in [-0.15, -0.1) is 0 Å². The largest absolute Gasteiger partial charge is 0.496 e. The zero-order chi connectivity index (χ0) is 15.2.